The Bertz CT molecular complexity index is 706. The van der Waals surface area contributed by atoms with Crippen LogP contribution in [0.1, 0.15) is 37.4 Å². The van der Waals surface area contributed by atoms with E-state index in [9.17, 15) is 0 Å². The highest BCUT2D eigenvalue weighted by molar-refractivity contribution is 6.01. The summed E-state index contributed by atoms with van der Waals surface area (Å²) < 4.78 is 6.14. The lowest BCUT2D eigenvalue weighted by atomic mass is 9.95. The molecular weight excluding hydrogens is 260 g/mol. The van der Waals surface area contributed by atoms with Gasteiger partial charge in [0.1, 0.15) is 5.75 Å². The molecule has 21 heavy (non-hydrogen) atoms. The molecule has 0 fully saturated rings. The van der Waals surface area contributed by atoms with Crippen molar-refractivity contribution >= 4 is 5.71 Å². The number of fused-ring (bicyclic) bond motifs is 3. The summed E-state index contributed by atoms with van der Waals surface area (Å²) in [7, 11) is 0. The Morgan fingerprint density at radius 1 is 1.05 bits per heavy atom. The summed E-state index contributed by atoms with van der Waals surface area (Å²) in [5, 5.41) is 6.97. The van der Waals surface area contributed by atoms with Crippen LogP contribution in [-0.4, -0.2) is 16.4 Å². The number of rotatable bonds is 1. The summed E-state index contributed by atoms with van der Waals surface area (Å²) in [5.41, 5.74) is 3.14. The van der Waals surface area contributed by atoms with Crippen LogP contribution in [0, 0.1) is 0 Å². The molecule has 0 aromatic heterocycles. The van der Waals surface area contributed by atoms with Crippen molar-refractivity contribution in [1.82, 2.24) is 5.01 Å². The maximum Gasteiger partial charge on any atom is 0.192 e. The number of para-hydroxylation sites is 1. The predicted octanol–water partition coefficient (Wildman–Crippen LogP) is 3.97. The lowest BCUT2D eigenvalue weighted by molar-refractivity contribution is -0.0911. The van der Waals surface area contributed by atoms with Crippen molar-refractivity contribution in [3.63, 3.8) is 0 Å². The molecule has 0 N–H and O–H groups in total. The molecule has 0 bridgehead atoms. The zero-order valence-corrected chi connectivity index (χ0v) is 12.3. The highest BCUT2D eigenvalue weighted by Crippen LogP contribution is 2.46. The standard InChI is InChI=1S/C18H18N2O/c1-18(2)20-16(14-10-6-7-11-17(14)21-18)12-15(19-20)13-8-4-3-5-9-13/h3-11,16H,12H2,1-2H3/t16-/m1/s1. The molecule has 2 aliphatic heterocycles. The third-order valence-corrected chi connectivity index (χ3v) is 4.21. The largest absolute Gasteiger partial charge is 0.467 e. The molecule has 2 aliphatic rings. The van der Waals surface area contributed by atoms with E-state index in [1.54, 1.807) is 0 Å². The van der Waals surface area contributed by atoms with Crippen LogP contribution in [0.4, 0.5) is 0 Å². The average Bonchev–Trinajstić information content (AvgIpc) is 2.94. The molecule has 0 saturated heterocycles. The first kappa shape index (κ1) is 12.5. The molecule has 2 aromatic rings. The Morgan fingerprint density at radius 3 is 2.57 bits per heavy atom. The first-order valence-corrected chi connectivity index (χ1v) is 7.35. The fourth-order valence-corrected chi connectivity index (χ4v) is 3.22. The van der Waals surface area contributed by atoms with Crippen molar-refractivity contribution in [2.75, 3.05) is 0 Å². The minimum absolute atomic E-state index is 0.264. The normalized spacial score (nSPS) is 22.1. The van der Waals surface area contributed by atoms with Gasteiger partial charge >= 0.3 is 0 Å². The van der Waals surface area contributed by atoms with Gasteiger partial charge in [0.05, 0.1) is 11.8 Å². The third kappa shape index (κ3) is 1.92. The van der Waals surface area contributed by atoms with Gasteiger partial charge < -0.3 is 4.74 Å². The van der Waals surface area contributed by atoms with Gasteiger partial charge in [-0.05, 0) is 25.5 Å². The van der Waals surface area contributed by atoms with Crippen LogP contribution in [0.2, 0.25) is 0 Å². The molecule has 0 aliphatic carbocycles. The minimum Gasteiger partial charge on any atom is -0.467 e. The van der Waals surface area contributed by atoms with Crippen LogP contribution in [0.15, 0.2) is 59.7 Å². The molecule has 0 amide bonds. The van der Waals surface area contributed by atoms with Gasteiger partial charge in [-0.15, -0.1) is 0 Å². The molecule has 0 unspecified atom stereocenters. The van der Waals surface area contributed by atoms with Crippen molar-refractivity contribution in [1.29, 1.82) is 0 Å². The van der Waals surface area contributed by atoms with E-state index in [0.717, 1.165) is 17.9 Å². The highest BCUT2D eigenvalue weighted by atomic mass is 16.5. The molecule has 106 valence electrons. The molecule has 3 heteroatoms. The van der Waals surface area contributed by atoms with Gasteiger partial charge in [0.2, 0.25) is 0 Å². The molecule has 0 saturated carbocycles. The Morgan fingerprint density at radius 2 is 1.76 bits per heavy atom. The molecule has 0 spiro atoms. The molecule has 2 heterocycles. The first-order valence-electron chi connectivity index (χ1n) is 7.35. The number of hydrogen-bond acceptors (Lipinski definition) is 3. The smallest absolute Gasteiger partial charge is 0.192 e. The third-order valence-electron chi connectivity index (χ3n) is 4.21. The van der Waals surface area contributed by atoms with Gasteiger partial charge in [0.15, 0.2) is 5.72 Å². The summed E-state index contributed by atoms with van der Waals surface area (Å²) in [4.78, 5) is 0. The van der Waals surface area contributed by atoms with E-state index in [4.69, 9.17) is 9.84 Å². The van der Waals surface area contributed by atoms with Crippen molar-refractivity contribution in [3.05, 3.63) is 65.7 Å². The minimum atomic E-state index is -0.421. The van der Waals surface area contributed by atoms with Crippen molar-refractivity contribution in [3.8, 4) is 5.75 Å². The van der Waals surface area contributed by atoms with Crippen LogP contribution in [0.3, 0.4) is 0 Å². The molecule has 2 aromatic carbocycles. The Balaban J connectivity index is 1.78. The lowest BCUT2D eigenvalue weighted by Gasteiger charge is -2.43. The van der Waals surface area contributed by atoms with E-state index < -0.39 is 5.72 Å². The summed E-state index contributed by atoms with van der Waals surface area (Å²) in [5.74, 6) is 0.980. The van der Waals surface area contributed by atoms with Crippen LogP contribution in [0.25, 0.3) is 0 Å². The quantitative estimate of drug-likeness (QED) is 0.788. The average molecular weight is 278 g/mol. The maximum absolute atomic E-state index is 6.14. The number of hydrazone groups is 1. The fraction of sp³-hybridized carbons (Fsp3) is 0.278. The number of nitrogens with zero attached hydrogens (tertiary/aromatic N) is 2. The first-order chi connectivity index (χ1) is 10.1. The van der Waals surface area contributed by atoms with E-state index in [1.807, 2.05) is 12.1 Å². The van der Waals surface area contributed by atoms with E-state index >= 15 is 0 Å². The van der Waals surface area contributed by atoms with Crippen molar-refractivity contribution in [2.45, 2.75) is 32.0 Å². The molecule has 3 nitrogen and oxygen atoms in total. The zero-order valence-electron chi connectivity index (χ0n) is 12.3. The zero-order chi connectivity index (χ0) is 14.4. The predicted molar refractivity (Wildman–Crippen MR) is 83.3 cm³/mol. The summed E-state index contributed by atoms with van der Waals surface area (Å²) in [6, 6.07) is 19.0. The second kappa shape index (κ2) is 4.35. The van der Waals surface area contributed by atoms with Crippen molar-refractivity contribution in [2.24, 2.45) is 5.10 Å². The molecule has 0 radical (unpaired) electrons. The molecule has 4 rings (SSSR count). The van der Waals surface area contributed by atoms with Gasteiger partial charge in [-0.1, -0.05) is 48.5 Å². The van der Waals surface area contributed by atoms with Crippen LogP contribution in [-0.2, 0) is 0 Å². The summed E-state index contributed by atoms with van der Waals surface area (Å²) in [6.45, 7) is 4.15. The number of ether oxygens (including phenoxy) is 1. The second-order valence-corrected chi connectivity index (χ2v) is 6.06. The summed E-state index contributed by atoms with van der Waals surface area (Å²) >= 11 is 0. The Labute approximate surface area is 124 Å². The van der Waals surface area contributed by atoms with Gasteiger partial charge in [-0.2, -0.15) is 5.10 Å². The van der Waals surface area contributed by atoms with Gasteiger partial charge in [0, 0.05) is 12.0 Å². The Kier molecular flexibility index (Phi) is 2.58. The molecule has 1 atom stereocenters. The van der Waals surface area contributed by atoms with E-state index in [-0.39, 0.29) is 6.04 Å². The van der Waals surface area contributed by atoms with Gasteiger partial charge in [0.25, 0.3) is 0 Å². The van der Waals surface area contributed by atoms with E-state index in [0.29, 0.717) is 0 Å². The number of hydrogen-bond donors (Lipinski definition) is 0. The Hall–Kier alpha value is -2.29. The summed E-state index contributed by atoms with van der Waals surface area (Å²) in [6.07, 6.45) is 0.924. The number of benzene rings is 2. The monoisotopic (exact) mass is 278 g/mol. The van der Waals surface area contributed by atoms with Crippen LogP contribution >= 0.6 is 0 Å². The van der Waals surface area contributed by atoms with Gasteiger partial charge in [-0.25, -0.2) is 5.01 Å². The van der Waals surface area contributed by atoms with Crippen LogP contribution < -0.4 is 4.74 Å². The highest BCUT2D eigenvalue weighted by Gasteiger charge is 2.44. The molecular formula is C18H18N2O. The second-order valence-electron chi connectivity index (χ2n) is 6.06. The van der Waals surface area contributed by atoms with E-state index in [1.165, 1.54) is 11.1 Å². The fourth-order valence-electron chi connectivity index (χ4n) is 3.22. The lowest BCUT2D eigenvalue weighted by Crippen LogP contribution is -2.48. The van der Waals surface area contributed by atoms with Gasteiger partial charge in [-0.3, -0.25) is 0 Å². The van der Waals surface area contributed by atoms with Crippen LogP contribution in [0.5, 0.6) is 5.75 Å². The maximum atomic E-state index is 6.14. The SMILES string of the molecule is CC1(C)Oc2ccccc2[C@H]2CC(c3ccccc3)=NN21. The topological polar surface area (TPSA) is 24.8 Å². The van der Waals surface area contributed by atoms with E-state index in [2.05, 4.69) is 61.3 Å². The van der Waals surface area contributed by atoms with Crippen molar-refractivity contribution < 1.29 is 4.74 Å².